The van der Waals surface area contributed by atoms with Gasteiger partial charge >= 0.3 is 0 Å². The average Bonchev–Trinajstić information content (AvgIpc) is 2.95. The molecule has 19 heavy (non-hydrogen) atoms. The van der Waals surface area contributed by atoms with Crippen LogP contribution in [0.25, 0.3) is 0 Å². The van der Waals surface area contributed by atoms with E-state index in [1.807, 2.05) is 19.0 Å². The van der Waals surface area contributed by atoms with E-state index in [0.29, 0.717) is 18.0 Å². The van der Waals surface area contributed by atoms with E-state index in [-0.39, 0.29) is 6.04 Å². The van der Waals surface area contributed by atoms with Crippen molar-refractivity contribution >= 4 is 10.0 Å². The van der Waals surface area contributed by atoms with E-state index in [2.05, 4.69) is 4.98 Å². The lowest BCUT2D eigenvalue weighted by molar-refractivity contribution is 0.291. The van der Waals surface area contributed by atoms with E-state index in [0.717, 1.165) is 25.1 Å². The summed E-state index contributed by atoms with van der Waals surface area (Å²) >= 11 is 0. The van der Waals surface area contributed by atoms with Crippen LogP contribution in [0.15, 0.2) is 17.2 Å². The second-order valence-electron chi connectivity index (χ2n) is 5.24. The van der Waals surface area contributed by atoms with Crippen molar-refractivity contribution in [3.05, 3.63) is 18.0 Å². The van der Waals surface area contributed by atoms with Gasteiger partial charge in [0.05, 0.1) is 4.90 Å². The highest BCUT2D eigenvalue weighted by atomic mass is 32.2. The molecule has 3 N–H and O–H groups in total. The largest absolute Gasteiger partial charge is 0.363 e. The predicted octanol–water partition coefficient (Wildman–Crippen LogP) is 0.188. The molecular formula is C12H22N4O2S. The first kappa shape index (κ1) is 14.5. The highest BCUT2D eigenvalue weighted by molar-refractivity contribution is 7.89. The fourth-order valence-electron chi connectivity index (χ4n) is 2.55. The Morgan fingerprint density at radius 1 is 1.53 bits per heavy atom. The molecule has 0 radical (unpaired) electrons. The number of sulfonamides is 1. The molecule has 0 spiro atoms. The lowest BCUT2D eigenvalue weighted by Crippen LogP contribution is -2.41. The number of aromatic nitrogens is 1. The van der Waals surface area contributed by atoms with Crippen molar-refractivity contribution in [1.29, 1.82) is 0 Å². The van der Waals surface area contributed by atoms with Crippen molar-refractivity contribution in [1.82, 2.24) is 14.2 Å². The fourth-order valence-corrected chi connectivity index (χ4v) is 4.25. The lowest BCUT2D eigenvalue weighted by atomic mass is 10.2. The molecule has 108 valence electrons. The molecule has 0 amide bonds. The van der Waals surface area contributed by atoms with Crippen LogP contribution in [-0.2, 0) is 16.6 Å². The third-order valence-corrected chi connectivity index (χ3v) is 5.37. The van der Waals surface area contributed by atoms with Gasteiger partial charge in [0.25, 0.3) is 0 Å². The Labute approximate surface area is 114 Å². The third-order valence-electron chi connectivity index (χ3n) is 3.44. The number of likely N-dealkylation sites (N-methyl/N-ethyl adjacent to an activating group) is 1. The molecule has 0 aliphatic carbocycles. The number of nitrogens with one attached hydrogen (secondary N) is 1. The number of rotatable bonds is 5. The smallest absolute Gasteiger partial charge is 0.244 e. The summed E-state index contributed by atoms with van der Waals surface area (Å²) in [5.41, 5.74) is 6.24. The van der Waals surface area contributed by atoms with Gasteiger partial charge in [-0.1, -0.05) is 0 Å². The Morgan fingerprint density at radius 2 is 2.26 bits per heavy atom. The Morgan fingerprint density at radius 3 is 2.84 bits per heavy atom. The molecule has 1 aliphatic rings. The van der Waals surface area contributed by atoms with E-state index in [9.17, 15) is 8.42 Å². The van der Waals surface area contributed by atoms with Gasteiger partial charge in [-0.25, -0.2) is 8.42 Å². The van der Waals surface area contributed by atoms with Crippen molar-refractivity contribution < 1.29 is 8.42 Å². The second kappa shape index (κ2) is 5.62. The summed E-state index contributed by atoms with van der Waals surface area (Å²) in [7, 11) is 0.526. The Bertz CT molecular complexity index is 524. The normalized spacial score (nSPS) is 21.4. The summed E-state index contributed by atoms with van der Waals surface area (Å²) in [6, 6.07) is 1.69. The van der Waals surface area contributed by atoms with Crippen molar-refractivity contribution in [2.24, 2.45) is 5.73 Å². The number of hydrogen-bond donors (Lipinski definition) is 2. The maximum absolute atomic E-state index is 12.6. The van der Waals surface area contributed by atoms with Crippen molar-refractivity contribution in [2.45, 2.75) is 30.3 Å². The van der Waals surface area contributed by atoms with E-state index in [4.69, 9.17) is 5.73 Å². The molecule has 0 bridgehead atoms. The number of nitrogens with two attached hydrogens (primary N) is 1. The number of hydrogen-bond acceptors (Lipinski definition) is 4. The minimum atomic E-state index is -3.40. The second-order valence-corrected chi connectivity index (χ2v) is 7.13. The molecule has 2 heterocycles. The molecular weight excluding hydrogens is 264 g/mol. The third kappa shape index (κ3) is 3.00. The zero-order chi connectivity index (χ0) is 14.0. The average molecular weight is 286 g/mol. The fraction of sp³-hybridized carbons (Fsp3) is 0.667. The standard InChI is InChI=1S/C12H22N4O2S/c1-15(2)9-11-4-3-5-16(11)19(17,18)12-6-10(7-13)14-8-12/h6,8,11,14H,3-5,7,9,13H2,1-2H3. The van der Waals surface area contributed by atoms with Gasteiger partial charge in [0.1, 0.15) is 0 Å². The van der Waals surface area contributed by atoms with Crippen LogP contribution >= 0.6 is 0 Å². The van der Waals surface area contributed by atoms with E-state index >= 15 is 0 Å². The van der Waals surface area contributed by atoms with E-state index in [1.54, 1.807) is 10.4 Å². The Hall–Kier alpha value is -0.890. The molecule has 2 rings (SSSR count). The molecule has 1 saturated heterocycles. The summed E-state index contributed by atoms with van der Waals surface area (Å²) in [5.74, 6) is 0. The van der Waals surface area contributed by atoms with Crippen LogP contribution in [0.1, 0.15) is 18.5 Å². The van der Waals surface area contributed by atoms with Gasteiger partial charge in [0, 0.05) is 37.6 Å². The molecule has 0 saturated carbocycles. The molecule has 1 aromatic heterocycles. The molecule has 1 unspecified atom stereocenters. The monoisotopic (exact) mass is 286 g/mol. The zero-order valence-electron chi connectivity index (χ0n) is 11.5. The van der Waals surface area contributed by atoms with Crippen LogP contribution in [0.4, 0.5) is 0 Å². The summed E-state index contributed by atoms with van der Waals surface area (Å²) in [5, 5.41) is 0. The summed E-state index contributed by atoms with van der Waals surface area (Å²) in [6.07, 6.45) is 3.38. The zero-order valence-corrected chi connectivity index (χ0v) is 12.3. The topological polar surface area (TPSA) is 82.4 Å². The quantitative estimate of drug-likeness (QED) is 0.809. The molecule has 0 aromatic carbocycles. The van der Waals surface area contributed by atoms with Crippen molar-refractivity contribution in [2.75, 3.05) is 27.2 Å². The maximum Gasteiger partial charge on any atom is 0.244 e. The molecule has 1 aliphatic heterocycles. The van der Waals surface area contributed by atoms with Crippen LogP contribution in [0.3, 0.4) is 0 Å². The van der Waals surface area contributed by atoms with Crippen LogP contribution in [0.5, 0.6) is 0 Å². The summed E-state index contributed by atoms with van der Waals surface area (Å²) in [4.78, 5) is 5.25. The first-order chi connectivity index (χ1) is 8.95. The molecule has 6 nitrogen and oxygen atoms in total. The van der Waals surface area contributed by atoms with Gasteiger partial charge in [-0.15, -0.1) is 0 Å². The highest BCUT2D eigenvalue weighted by Gasteiger charge is 2.35. The molecule has 1 atom stereocenters. The Kier molecular flexibility index (Phi) is 4.29. The maximum atomic E-state index is 12.6. The SMILES string of the molecule is CN(C)CC1CCCN1S(=O)(=O)c1c[nH]c(CN)c1. The number of aromatic amines is 1. The van der Waals surface area contributed by atoms with Gasteiger partial charge in [-0.05, 0) is 33.0 Å². The van der Waals surface area contributed by atoms with Crippen LogP contribution in [0, 0.1) is 0 Å². The van der Waals surface area contributed by atoms with Crippen molar-refractivity contribution in [3.63, 3.8) is 0 Å². The molecule has 7 heteroatoms. The van der Waals surface area contributed by atoms with E-state index < -0.39 is 10.0 Å². The number of H-pyrrole nitrogens is 1. The minimum Gasteiger partial charge on any atom is -0.363 e. The van der Waals surface area contributed by atoms with Crippen LogP contribution < -0.4 is 5.73 Å². The van der Waals surface area contributed by atoms with Gasteiger partial charge in [0.2, 0.25) is 10.0 Å². The van der Waals surface area contributed by atoms with Gasteiger partial charge < -0.3 is 15.6 Å². The summed E-state index contributed by atoms with van der Waals surface area (Å²) < 4.78 is 26.8. The van der Waals surface area contributed by atoms with Gasteiger partial charge in [-0.3, -0.25) is 0 Å². The van der Waals surface area contributed by atoms with Crippen LogP contribution in [-0.4, -0.2) is 55.8 Å². The van der Waals surface area contributed by atoms with E-state index in [1.165, 1.54) is 6.20 Å². The lowest BCUT2D eigenvalue weighted by Gasteiger charge is -2.25. The minimum absolute atomic E-state index is 0.0660. The van der Waals surface area contributed by atoms with Gasteiger partial charge in [-0.2, -0.15) is 4.31 Å². The molecule has 1 aromatic rings. The predicted molar refractivity (Wildman–Crippen MR) is 74.2 cm³/mol. The molecule has 1 fully saturated rings. The number of nitrogens with zero attached hydrogens (tertiary/aromatic N) is 2. The first-order valence-corrected chi connectivity index (χ1v) is 7.93. The summed E-state index contributed by atoms with van der Waals surface area (Å²) in [6.45, 7) is 1.67. The highest BCUT2D eigenvalue weighted by Crippen LogP contribution is 2.26. The van der Waals surface area contributed by atoms with Crippen LogP contribution in [0.2, 0.25) is 0 Å². The Balaban J connectivity index is 2.23. The first-order valence-electron chi connectivity index (χ1n) is 6.49. The van der Waals surface area contributed by atoms with Gasteiger partial charge in [0.15, 0.2) is 0 Å². The van der Waals surface area contributed by atoms with Crippen molar-refractivity contribution in [3.8, 4) is 0 Å².